The Morgan fingerprint density at radius 2 is 1.71 bits per heavy atom. The number of aliphatic hydroxyl groups is 2. The lowest BCUT2D eigenvalue weighted by Gasteiger charge is -2.31. The van der Waals surface area contributed by atoms with Gasteiger partial charge in [0.15, 0.2) is 5.78 Å². The normalized spacial score (nSPS) is 39.7. The number of carbonyl (C=O) groups is 2. The molecule has 0 aromatic heterocycles. The number of hydrogen-bond donors (Lipinski definition) is 2. The standard InChI is InChI=1S/C23H38O5/c1-7-18-12-15(4)19(24)10-9-14(3)11-16(5)21(8-2)28-22(26)13-20(25)17(6)23(18)27/h9-11,15-18,20-21,23,25,27H,7-8,12-13H2,1-6H3/b10-9-,14-11+. The predicted octanol–water partition coefficient (Wildman–Crippen LogP) is 3.83. The van der Waals surface area contributed by atoms with Crippen LogP contribution in [0.15, 0.2) is 23.8 Å². The van der Waals surface area contributed by atoms with E-state index < -0.39 is 24.1 Å². The number of carbonyl (C=O) groups excluding carboxylic acids is 2. The molecule has 2 N–H and O–H groups in total. The molecule has 7 unspecified atom stereocenters. The predicted molar refractivity (Wildman–Crippen MR) is 111 cm³/mol. The molecule has 0 spiro atoms. The Hall–Kier alpha value is -1.46. The zero-order valence-corrected chi connectivity index (χ0v) is 18.2. The topological polar surface area (TPSA) is 83.8 Å². The molecule has 0 radical (unpaired) electrons. The van der Waals surface area contributed by atoms with Gasteiger partial charge in [0.05, 0.1) is 18.6 Å². The Bertz CT molecular complexity index is 580. The summed E-state index contributed by atoms with van der Waals surface area (Å²) >= 11 is 0. The first kappa shape index (κ1) is 24.6. The third-order valence-corrected chi connectivity index (χ3v) is 5.98. The second-order valence-corrected chi connectivity index (χ2v) is 8.37. The fourth-order valence-corrected chi connectivity index (χ4v) is 3.87. The second kappa shape index (κ2) is 11.5. The van der Waals surface area contributed by atoms with E-state index in [1.165, 1.54) is 0 Å². The molecule has 0 saturated carbocycles. The third kappa shape index (κ3) is 7.17. The molecule has 5 heteroatoms. The molecule has 1 aliphatic heterocycles. The maximum absolute atomic E-state index is 12.5. The van der Waals surface area contributed by atoms with Gasteiger partial charge in [-0.2, -0.15) is 0 Å². The van der Waals surface area contributed by atoms with Gasteiger partial charge in [0, 0.05) is 17.8 Å². The number of ether oxygens (including phenoxy) is 1. The second-order valence-electron chi connectivity index (χ2n) is 8.37. The Balaban J connectivity index is 3.18. The van der Waals surface area contributed by atoms with Crippen LogP contribution in [0.5, 0.6) is 0 Å². The molecule has 0 amide bonds. The van der Waals surface area contributed by atoms with Crippen LogP contribution in [0.25, 0.3) is 0 Å². The molecule has 1 rings (SSSR count). The van der Waals surface area contributed by atoms with Crippen LogP contribution in [0.1, 0.15) is 67.2 Å². The summed E-state index contributed by atoms with van der Waals surface area (Å²) in [4.78, 5) is 24.8. The van der Waals surface area contributed by atoms with Crippen molar-refractivity contribution in [3.05, 3.63) is 23.8 Å². The molecule has 28 heavy (non-hydrogen) atoms. The zero-order valence-electron chi connectivity index (χ0n) is 18.2. The molecule has 0 fully saturated rings. The molecule has 0 saturated heterocycles. The molecule has 1 heterocycles. The fraction of sp³-hybridized carbons (Fsp3) is 0.739. The number of hydrogen-bond acceptors (Lipinski definition) is 5. The van der Waals surface area contributed by atoms with Gasteiger partial charge in [-0.1, -0.05) is 58.8 Å². The van der Waals surface area contributed by atoms with Crippen molar-refractivity contribution in [2.75, 3.05) is 0 Å². The van der Waals surface area contributed by atoms with Gasteiger partial charge < -0.3 is 14.9 Å². The Morgan fingerprint density at radius 3 is 2.29 bits per heavy atom. The maximum atomic E-state index is 12.5. The van der Waals surface area contributed by atoms with Gasteiger partial charge in [-0.05, 0) is 31.8 Å². The van der Waals surface area contributed by atoms with Gasteiger partial charge in [-0.3, -0.25) is 9.59 Å². The maximum Gasteiger partial charge on any atom is 0.308 e. The Kier molecular flexibility index (Phi) is 10.1. The van der Waals surface area contributed by atoms with Gasteiger partial charge in [-0.15, -0.1) is 0 Å². The lowest BCUT2D eigenvalue weighted by Crippen LogP contribution is -2.38. The third-order valence-electron chi connectivity index (χ3n) is 5.98. The first-order chi connectivity index (χ1) is 13.1. The number of aliphatic hydroxyl groups excluding tert-OH is 2. The van der Waals surface area contributed by atoms with E-state index >= 15 is 0 Å². The van der Waals surface area contributed by atoms with Gasteiger partial charge in [0.2, 0.25) is 0 Å². The molecule has 0 aromatic rings. The van der Waals surface area contributed by atoms with Gasteiger partial charge in [0.25, 0.3) is 0 Å². The number of cyclic esters (lactones) is 1. The van der Waals surface area contributed by atoms with Crippen molar-refractivity contribution < 1.29 is 24.5 Å². The highest BCUT2D eigenvalue weighted by Crippen LogP contribution is 2.28. The summed E-state index contributed by atoms with van der Waals surface area (Å²) in [5.41, 5.74) is 0.940. The minimum Gasteiger partial charge on any atom is -0.462 e. The molecule has 0 aromatic carbocycles. The van der Waals surface area contributed by atoms with Crippen LogP contribution in [0.4, 0.5) is 0 Å². The van der Waals surface area contributed by atoms with Crippen LogP contribution in [-0.4, -0.2) is 40.3 Å². The van der Waals surface area contributed by atoms with Crippen LogP contribution in [-0.2, 0) is 14.3 Å². The van der Waals surface area contributed by atoms with Gasteiger partial charge in [0.1, 0.15) is 6.10 Å². The minimum atomic E-state index is -0.986. The molecule has 160 valence electrons. The van der Waals surface area contributed by atoms with Crippen LogP contribution >= 0.6 is 0 Å². The number of ketones is 1. The highest BCUT2D eigenvalue weighted by molar-refractivity contribution is 5.91. The van der Waals surface area contributed by atoms with Crippen molar-refractivity contribution in [3.63, 3.8) is 0 Å². The van der Waals surface area contributed by atoms with Crippen molar-refractivity contribution in [2.24, 2.45) is 23.7 Å². The van der Waals surface area contributed by atoms with Crippen LogP contribution < -0.4 is 0 Å². The average molecular weight is 395 g/mol. The largest absolute Gasteiger partial charge is 0.462 e. The molecule has 0 aliphatic carbocycles. The number of allylic oxidation sites excluding steroid dienone is 3. The summed E-state index contributed by atoms with van der Waals surface area (Å²) in [6, 6.07) is 0. The first-order valence-corrected chi connectivity index (χ1v) is 10.6. The molecule has 0 bridgehead atoms. The van der Waals surface area contributed by atoms with E-state index in [1.54, 1.807) is 19.1 Å². The van der Waals surface area contributed by atoms with E-state index in [0.717, 1.165) is 5.57 Å². The van der Waals surface area contributed by atoms with E-state index in [-0.39, 0.29) is 36.1 Å². The van der Waals surface area contributed by atoms with E-state index in [2.05, 4.69) is 0 Å². The quantitative estimate of drug-likeness (QED) is 0.696. The molecular weight excluding hydrogens is 356 g/mol. The molecule has 5 nitrogen and oxygen atoms in total. The Morgan fingerprint density at radius 1 is 1.07 bits per heavy atom. The lowest BCUT2D eigenvalue weighted by molar-refractivity contribution is -0.154. The highest BCUT2D eigenvalue weighted by atomic mass is 16.5. The lowest BCUT2D eigenvalue weighted by atomic mass is 9.80. The molecule has 7 atom stereocenters. The minimum absolute atomic E-state index is 0.0105. The summed E-state index contributed by atoms with van der Waals surface area (Å²) < 4.78 is 5.59. The monoisotopic (exact) mass is 394 g/mol. The summed E-state index contributed by atoms with van der Waals surface area (Å²) in [6.07, 6.45) is 5.07. The van der Waals surface area contributed by atoms with Gasteiger partial charge >= 0.3 is 5.97 Å². The summed E-state index contributed by atoms with van der Waals surface area (Å²) in [6.45, 7) is 11.4. The Labute approximate surface area is 169 Å². The van der Waals surface area contributed by atoms with Crippen LogP contribution in [0.2, 0.25) is 0 Å². The zero-order chi connectivity index (χ0) is 21.4. The SMILES string of the molecule is CCC1CC(C)C(=O)/C=C\C(C)=C\C(C)C(CC)OC(=O)CC(O)C(C)C1O. The van der Waals surface area contributed by atoms with Crippen molar-refractivity contribution in [3.8, 4) is 0 Å². The molecular formula is C23H38O5. The molecule has 1 aliphatic rings. The van der Waals surface area contributed by atoms with E-state index in [4.69, 9.17) is 4.74 Å². The smallest absolute Gasteiger partial charge is 0.308 e. The average Bonchev–Trinajstić information content (AvgIpc) is 2.65. The van der Waals surface area contributed by atoms with E-state index in [9.17, 15) is 19.8 Å². The number of rotatable bonds is 2. The van der Waals surface area contributed by atoms with E-state index in [1.807, 2.05) is 40.7 Å². The van der Waals surface area contributed by atoms with Crippen molar-refractivity contribution in [1.29, 1.82) is 0 Å². The van der Waals surface area contributed by atoms with Crippen molar-refractivity contribution >= 4 is 11.8 Å². The van der Waals surface area contributed by atoms with E-state index in [0.29, 0.717) is 19.3 Å². The summed E-state index contributed by atoms with van der Waals surface area (Å²) in [7, 11) is 0. The van der Waals surface area contributed by atoms with Crippen LogP contribution in [0, 0.1) is 23.7 Å². The number of esters is 1. The van der Waals surface area contributed by atoms with Crippen molar-refractivity contribution in [1.82, 2.24) is 0 Å². The van der Waals surface area contributed by atoms with Crippen molar-refractivity contribution in [2.45, 2.75) is 85.5 Å². The van der Waals surface area contributed by atoms with Crippen LogP contribution in [0.3, 0.4) is 0 Å². The first-order valence-electron chi connectivity index (χ1n) is 10.6. The summed E-state index contributed by atoms with van der Waals surface area (Å²) in [5.74, 6) is -1.25. The fourth-order valence-electron chi connectivity index (χ4n) is 3.87. The summed E-state index contributed by atoms with van der Waals surface area (Å²) in [5, 5.41) is 21.2. The highest BCUT2D eigenvalue weighted by Gasteiger charge is 2.32. The van der Waals surface area contributed by atoms with Gasteiger partial charge in [-0.25, -0.2) is 0 Å².